The van der Waals surface area contributed by atoms with Crippen molar-refractivity contribution in [3.63, 3.8) is 0 Å². The second kappa shape index (κ2) is 5.98. The van der Waals surface area contributed by atoms with Gasteiger partial charge in [0.1, 0.15) is 10.3 Å². The van der Waals surface area contributed by atoms with E-state index < -0.39 is 11.7 Å². The van der Waals surface area contributed by atoms with Crippen LogP contribution in [0.4, 0.5) is 10.2 Å². The van der Waals surface area contributed by atoms with Gasteiger partial charge in [-0.15, -0.1) is 0 Å². The highest BCUT2D eigenvalue weighted by molar-refractivity contribution is 6.33. The average Bonchev–Trinajstić information content (AvgIpc) is 2.40. The normalized spacial score (nSPS) is 10.2. The van der Waals surface area contributed by atoms with E-state index >= 15 is 0 Å². The van der Waals surface area contributed by atoms with E-state index in [1.807, 2.05) is 0 Å². The number of hydrogen-bond acceptors (Lipinski definition) is 5. The van der Waals surface area contributed by atoms with E-state index in [2.05, 4.69) is 20.3 Å². The number of aromatic nitrogens is 3. The minimum absolute atomic E-state index is 0.0448. The molecule has 0 spiro atoms. The molecule has 1 N–H and O–H groups in total. The van der Waals surface area contributed by atoms with Gasteiger partial charge in [0, 0.05) is 5.56 Å². The third-order valence-corrected chi connectivity index (χ3v) is 2.55. The zero-order valence-electron chi connectivity index (χ0n) is 10.0. The molecule has 0 aliphatic rings. The molecular weight excluding hydrogens is 310 g/mol. The van der Waals surface area contributed by atoms with Crippen molar-refractivity contribution in [2.75, 3.05) is 12.4 Å². The lowest BCUT2D eigenvalue weighted by Gasteiger charge is -2.07. The van der Waals surface area contributed by atoms with Crippen LogP contribution in [0.15, 0.2) is 18.3 Å². The van der Waals surface area contributed by atoms with E-state index in [0.29, 0.717) is 0 Å². The number of nitrogens with zero attached hydrogens (tertiary/aromatic N) is 3. The first kappa shape index (κ1) is 14.4. The van der Waals surface area contributed by atoms with Gasteiger partial charge in [0.15, 0.2) is 11.6 Å². The summed E-state index contributed by atoms with van der Waals surface area (Å²) in [5.74, 6) is -1.76. The van der Waals surface area contributed by atoms with Gasteiger partial charge in [-0.25, -0.2) is 14.4 Å². The molecule has 2 heterocycles. The number of methoxy groups -OCH3 is 1. The molecule has 6 nitrogen and oxygen atoms in total. The highest BCUT2D eigenvalue weighted by atomic mass is 35.5. The molecule has 0 radical (unpaired) electrons. The van der Waals surface area contributed by atoms with Crippen LogP contribution in [0.1, 0.15) is 10.4 Å². The summed E-state index contributed by atoms with van der Waals surface area (Å²) in [7, 11) is 1.32. The third-order valence-electron chi connectivity index (χ3n) is 2.16. The van der Waals surface area contributed by atoms with Gasteiger partial charge in [-0.05, 0) is 12.1 Å². The number of halogens is 3. The van der Waals surface area contributed by atoms with Crippen molar-refractivity contribution in [3.05, 3.63) is 40.0 Å². The number of nitrogens with one attached hydrogen (secondary N) is 1. The van der Waals surface area contributed by atoms with Crippen LogP contribution in [0.5, 0.6) is 6.01 Å². The predicted octanol–water partition coefficient (Wildman–Crippen LogP) is 2.58. The summed E-state index contributed by atoms with van der Waals surface area (Å²) in [5.41, 5.74) is 0.118. The molecule has 2 aromatic rings. The Morgan fingerprint density at radius 1 is 1.30 bits per heavy atom. The van der Waals surface area contributed by atoms with E-state index in [9.17, 15) is 9.18 Å². The summed E-state index contributed by atoms with van der Waals surface area (Å²) >= 11 is 11.4. The Kier molecular flexibility index (Phi) is 4.31. The van der Waals surface area contributed by atoms with Gasteiger partial charge < -0.3 is 10.1 Å². The molecule has 20 heavy (non-hydrogen) atoms. The fraction of sp³-hybridized carbons (Fsp3) is 0.0909. The number of amides is 1. The Bertz CT molecular complexity index is 649. The van der Waals surface area contributed by atoms with Crippen molar-refractivity contribution < 1.29 is 13.9 Å². The number of pyridine rings is 1. The molecule has 0 atom stereocenters. The molecule has 2 rings (SSSR count). The third kappa shape index (κ3) is 3.31. The van der Waals surface area contributed by atoms with E-state index in [1.54, 1.807) is 0 Å². The molecule has 0 unspecified atom stereocenters. The first-order valence-corrected chi connectivity index (χ1v) is 5.96. The van der Waals surface area contributed by atoms with Gasteiger partial charge in [-0.2, -0.15) is 4.98 Å². The lowest BCUT2D eigenvalue weighted by Crippen LogP contribution is -2.15. The lowest BCUT2D eigenvalue weighted by molar-refractivity contribution is 0.102. The second-order valence-electron chi connectivity index (χ2n) is 3.51. The fourth-order valence-electron chi connectivity index (χ4n) is 1.31. The Morgan fingerprint density at radius 2 is 1.95 bits per heavy atom. The number of carbonyl (C=O) groups is 1. The molecule has 0 fully saturated rings. The Hall–Kier alpha value is -1.99. The molecule has 0 saturated heterocycles. The van der Waals surface area contributed by atoms with Crippen LogP contribution < -0.4 is 10.1 Å². The SMILES string of the molecule is COc1ncc(F)c(NC(=O)c2cc(Cl)nc(Cl)c2)n1. The molecule has 2 aromatic heterocycles. The summed E-state index contributed by atoms with van der Waals surface area (Å²) in [5, 5.41) is 2.36. The highest BCUT2D eigenvalue weighted by Crippen LogP contribution is 2.18. The molecule has 0 aliphatic heterocycles. The summed E-state index contributed by atoms with van der Waals surface area (Å²) in [6.07, 6.45) is 0.883. The number of rotatable bonds is 3. The van der Waals surface area contributed by atoms with Gasteiger partial charge in [-0.3, -0.25) is 4.79 Å². The summed E-state index contributed by atoms with van der Waals surface area (Å²) in [4.78, 5) is 22.9. The average molecular weight is 317 g/mol. The molecule has 0 saturated carbocycles. The van der Waals surface area contributed by atoms with Gasteiger partial charge in [0.05, 0.1) is 13.3 Å². The Balaban J connectivity index is 2.27. The van der Waals surface area contributed by atoms with Crippen molar-refractivity contribution in [1.29, 1.82) is 0 Å². The molecular formula is C11H7Cl2FN4O2. The standard InChI is InChI=1S/C11H7Cl2FN4O2/c1-20-11-15-4-6(14)9(18-11)17-10(19)5-2-7(12)16-8(13)3-5/h2-4H,1H3,(H,15,17,18,19). The quantitative estimate of drug-likeness (QED) is 0.881. The second-order valence-corrected chi connectivity index (χ2v) is 4.28. The van der Waals surface area contributed by atoms with Crippen LogP contribution in [0.25, 0.3) is 0 Å². The smallest absolute Gasteiger partial charge is 0.318 e. The monoisotopic (exact) mass is 316 g/mol. The van der Waals surface area contributed by atoms with Crippen molar-refractivity contribution in [2.45, 2.75) is 0 Å². The molecule has 1 amide bonds. The lowest BCUT2D eigenvalue weighted by atomic mass is 10.2. The van der Waals surface area contributed by atoms with Gasteiger partial charge in [0.25, 0.3) is 5.91 Å². The molecule has 9 heteroatoms. The van der Waals surface area contributed by atoms with Crippen LogP contribution >= 0.6 is 23.2 Å². The predicted molar refractivity (Wildman–Crippen MR) is 70.8 cm³/mol. The first-order valence-electron chi connectivity index (χ1n) is 5.20. The summed E-state index contributed by atoms with van der Waals surface area (Å²) in [6, 6.07) is 2.51. The van der Waals surface area contributed by atoms with Crippen LogP contribution in [0, 0.1) is 5.82 Å². The fourth-order valence-corrected chi connectivity index (χ4v) is 1.77. The minimum Gasteiger partial charge on any atom is -0.467 e. The Morgan fingerprint density at radius 3 is 2.55 bits per heavy atom. The Labute approximate surface area is 122 Å². The van der Waals surface area contributed by atoms with Crippen molar-refractivity contribution in [2.24, 2.45) is 0 Å². The van der Waals surface area contributed by atoms with Crippen LogP contribution in [-0.2, 0) is 0 Å². The largest absolute Gasteiger partial charge is 0.467 e. The van der Waals surface area contributed by atoms with Crippen LogP contribution in [0.3, 0.4) is 0 Å². The van der Waals surface area contributed by atoms with Crippen molar-refractivity contribution >= 4 is 34.9 Å². The van der Waals surface area contributed by atoms with Crippen molar-refractivity contribution in [1.82, 2.24) is 15.0 Å². The maximum absolute atomic E-state index is 13.5. The molecule has 0 bridgehead atoms. The summed E-state index contributed by atoms with van der Waals surface area (Å²) < 4.78 is 18.2. The molecule has 0 aliphatic carbocycles. The zero-order chi connectivity index (χ0) is 14.7. The number of anilines is 1. The highest BCUT2D eigenvalue weighted by Gasteiger charge is 2.14. The van der Waals surface area contributed by atoms with Gasteiger partial charge >= 0.3 is 6.01 Å². The maximum Gasteiger partial charge on any atom is 0.318 e. The van der Waals surface area contributed by atoms with E-state index in [4.69, 9.17) is 27.9 Å². The minimum atomic E-state index is -0.801. The zero-order valence-corrected chi connectivity index (χ0v) is 11.5. The molecule has 104 valence electrons. The molecule has 0 aromatic carbocycles. The number of carbonyl (C=O) groups excluding carboxylic acids is 1. The number of hydrogen-bond donors (Lipinski definition) is 1. The van der Waals surface area contributed by atoms with Crippen molar-refractivity contribution in [3.8, 4) is 6.01 Å². The van der Waals surface area contributed by atoms with Crippen LogP contribution in [-0.4, -0.2) is 28.0 Å². The summed E-state index contributed by atoms with van der Waals surface area (Å²) in [6.45, 7) is 0. The number of ether oxygens (including phenoxy) is 1. The topological polar surface area (TPSA) is 77.0 Å². The van der Waals surface area contributed by atoms with E-state index in [1.165, 1.54) is 19.2 Å². The van der Waals surface area contributed by atoms with Gasteiger partial charge in [-0.1, -0.05) is 23.2 Å². The van der Waals surface area contributed by atoms with Crippen LogP contribution in [0.2, 0.25) is 10.3 Å². The van der Waals surface area contributed by atoms with E-state index in [-0.39, 0.29) is 27.7 Å². The maximum atomic E-state index is 13.5. The van der Waals surface area contributed by atoms with Gasteiger partial charge in [0.2, 0.25) is 0 Å². The van der Waals surface area contributed by atoms with E-state index in [0.717, 1.165) is 6.20 Å². The first-order chi connectivity index (χ1) is 9.49.